The second kappa shape index (κ2) is 8.25. The molecule has 0 spiro atoms. The van der Waals surface area contributed by atoms with E-state index in [0.29, 0.717) is 40.2 Å². The van der Waals surface area contributed by atoms with Crippen molar-refractivity contribution in [1.29, 1.82) is 5.26 Å². The summed E-state index contributed by atoms with van der Waals surface area (Å²) in [6, 6.07) is 8.05. The maximum atomic E-state index is 12.9. The SMILES string of the molecule is Cc1nc(C)c(C#N)c(SCc2csc(COc3ccc(F)cc3)n2)n1. The molecule has 2 aromatic heterocycles. The molecule has 0 N–H and O–H groups in total. The van der Waals surface area contributed by atoms with Gasteiger partial charge in [0.25, 0.3) is 0 Å². The Labute approximate surface area is 158 Å². The topological polar surface area (TPSA) is 71.7 Å². The lowest BCUT2D eigenvalue weighted by molar-refractivity contribution is 0.305. The number of aromatic nitrogens is 3. The number of nitriles is 1. The molecule has 3 rings (SSSR count). The van der Waals surface area contributed by atoms with Crippen molar-refractivity contribution in [1.82, 2.24) is 15.0 Å². The first-order valence-corrected chi connectivity index (χ1v) is 9.61. The highest BCUT2D eigenvalue weighted by atomic mass is 32.2. The van der Waals surface area contributed by atoms with Crippen molar-refractivity contribution in [2.24, 2.45) is 0 Å². The van der Waals surface area contributed by atoms with Crippen molar-refractivity contribution < 1.29 is 9.13 Å². The second-order valence-electron chi connectivity index (χ2n) is 5.41. The van der Waals surface area contributed by atoms with Gasteiger partial charge in [0.2, 0.25) is 0 Å². The largest absolute Gasteiger partial charge is 0.486 e. The van der Waals surface area contributed by atoms with E-state index in [-0.39, 0.29) is 5.82 Å². The van der Waals surface area contributed by atoms with Crippen LogP contribution in [0.25, 0.3) is 0 Å². The van der Waals surface area contributed by atoms with E-state index in [0.717, 1.165) is 10.7 Å². The zero-order chi connectivity index (χ0) is 18.5. The number of ether oxygens (including phenoxy) is 1. The average molecular weight is 386 g/mol. The molecule has 0 amide bonds. The van der Waals surface area contributed by atoms with Crippen LogP contribution >= 0.6 is 23.1 Å². The molecule has 0 fully saturated rings. The van der Waals surface area contributed by atoms with Crippen LogP contribution in [0.2, 0.25) is 0 Å². The molecule has 0 atom stereocenters. The Morgan fingerprint density at radius 1 is 1.19 bits per heavy atom. The average Bonchev–Trinajstić information content (AvgIpc) is 3.07. The van der Waals surface area contributed by atoms with Gasteiger partial charge in [0.1, 0.15) is 45.7 Å². The minimum atomic E-state index is -0.294. The van der Waals surface area contributed by atoms with E-state index < -0.39 is 0 Å². The Kier molecular flexibility index (Phi) is 5.81. The van der Waals surface area contributed by atoms with Gasteiger partial charge in [0.15, 0.2) is 0 Å². The fourth-order valence-electron chi connectivity index (χ4n) is 2.21. The summed E-state index contributed by atoms with van der Waals surface area (Å²) in [6.07, 6.45) is 0. The van der Waals surface area contributed by atoms with E-state index in [9.17, 15) is 9.65 Å². The minimum Gasteiger partial charge on any atom is -0.486 e. The summed E-state index contributed by atoms with van der Waals surface area (Å²) in [5.74, 6) is 1.56. The normalized spacial score (nSPS) is 10.5. The van der Waals surface area contributed by atoms with Gasteiger partial charge in [-0.25, -0.2) is 19.3 Å². The lowest BCUT2D eigenvalue weighted by Crippen LogP contribution is -1.99. The molecule has 0 saturated carbocycles. The molecule has 0 radical (unpaired) electrons. The van der Waals surface area contributed by atoms with Crippen LogP contribution < -0.4 is 4.74 Å². The molecule has 26 heavy (non-hydrogen) atoms. The third kappa shape index (κ3) is 4.56. The molecule has 5 nitrogen and oxygen atoms in total. The summed E-state index contributed by atoms with van der Waals surface area (Å²) < 4.78 is 18.5. The van der Waals surface area contributed by atoms with Gasteiger partial charge < -0.3 is 4.74 Å². The van der Waals surface area contributed by atoms with Crippen molar-refractivity contribution in [2.45, 2.75) is 31.2 Å². The molecule has 0 saturated heterocycles. The Morgan fingerprint density at radius 2 is 1.96 bits per heavy atom. The Balaban J connectivity index is 1.61. The van der Waals surface area contributed by atoms with E-state index in [1.54, 1.807) is 12.1 Å². The van der Waals surface area contributed by atoms with Crippen molar-refractivity contribution in [3.05, 3.63) is 63.2 Å². The summed E-state index contributed by atoms with van der Waals surface area (Å²) in [5, 5.41) is 12.8. The number of thioether (sulfide) groups is 1. The summed E-state index contributed by atoms with van der Waals surface area (Å²) in [7, 11) is 0. The van der Waals surface area contributed by atoms with Crippen LogP contribution in [0.4, 0.5) is 4.39 Å². The fraction of sp³-hybridized carbons (Fsp3) is 0.222. The van der Waals surface area contributed by atoms with Crippen molar-refractivity contribution >= 4 is 23.1 Å². The van der Waals surface area contributed by atoms with Crippen LogP contribution in [0.15, 0.2) is 34.7 Å². The molecule has 0 aliphatic heterocycles. The molecule has 0 unspecified atom stereocenters. The van der Waals surface area contributed by atoms with Crippen LogP contribution in [0.5, 0.6) is 5.75 Å². The Hall–Kier alpha value is -2.50. The Bertz CT molecular complexity index is 951. The fourth-order valence-corrected chi connectivity index (χ4v) is 3.99. The predicted molar refractivity (Wildman–Crippen MR) is 98.6 cm³/mol. The molecule has 0 aliphatic rings. The first kappa shape index (κ1) is 18.3. The van der Waals surface area contributed by atoms with Gasteiger partial charge in [-0.1, -0.05) is 11.8 Å². The van der Waals surface area contributed by atoms with Gasteiger partial charge in [0, 0.05) is 11.1 Å². The van der Waals surface area contributed by atoms with Crippen LogP contribution in [-0.4, -0.2) is 15.0 Å². The van der Waals surface area contributed by atoms with E-state index in [1.165, 1.54) is 35.2 Å². The van der Waals surface area contributed by atoms with E-state index >= 15 is 0 Å². The van der Waals surface area contributed by atoms with Crippen LogP contribution in [0.3, 0.4) is 0 Å². The van der Waals surface area contributed by atoms with Crippen LogP contribution in [-0.2, 0) is 12.4 Å². The molecule has 132 valence electrons. The summed E-state index contributed by atoms with van der Waals surface area (Å²) in [4.78, 5) is 13.1. The van der Waals surface area contributed by atoms with Gasteiger partial charge >= 0.3 is 0 Å². The lowest BCUT2D eigenvalue weighted by Gasteiger charge is -2.05. The van der Waals surface area contributed by atoms with Gasteiger partial charge in [-0.15, -0.1) is 11.3 Å². The van der Waals surface area contributed by atoms with Crippen molar-refractivity contribution in [3.63, 3.8) is 0 Å². The predicted octanol–water partition coefficient (Wildman–Crippen LogP) is 4.43. The van der Waals surface area contributed by atoms with Crippen LogP contribution in [0.1, 0.15) is 27.8 Å². The summed E-state index contributed by atoms with van der Waals surface area (Å²) in [5.41, 5.74) is 2.10. The number of aryl methyl sites for hydroxylation is 2. The third-order valence-electron chi connectivity index (χ3n) is 3.41. The minimum absolute atomic E-state index is 0.294. The molecule has 2 heterocycles. The first-order valence-electron chi connectivity index (χ1n) is 7.75. The van der Waals surface area contributed by atoms with E-state index in [2.05, 4.69) is 21.0 Å². The Morgan fingerprint density at radius 3 is 2.69 bits per heavy atom. The van der Waals surface area contributed by atoms with Crippen LogP contribution in [0, 0.1) is 31.0 Å². The highest BCUT2D eigenvalue weighted by Gasteiger charge is 2.12. The number of hydrogen-bond donors (Lipinski definition) is 0. The highest BCUT2D eigenvalue weighted by molar-refractivity contribution is 7.98. The second-order valence-corrected chi connectivity index (χ2v) is 7.32. The van der Waals surface area contributed by atoms with Gasteiger partial charge in [0.05, 0.1) is 11.4 Å². The molecule has 0 bridgehead atoms. The number of halogens is 1. The van der Waals surface area contributed by atoms with Crippen molar-refractivity contribution in [3.8, 4) is 11.8 Å². The van der Waals surface area contributed by atoms with Crippen molar-refractivity contribution in [2.75, 3.05) is 0 Å². The van der Waals surface area contributed by atoms with E-state index in [4.69, 9.17) is 4.74 Å². The highest BCUT2D eigenvalue weighted by Crippen LogP contribution is 2.26. The standard InChI is InChI=1S/C18H15FN4OS2/c1-11-16(7-20)18(22-12(2)21-11)26-10-14-9-25-17(23-14)8-24-15-5-3-13(19)4-6-15/h3-6,9H,8,10H2,1-2H3. The first-order chi connectivity index (χ1) is 12.5. The lowest BCUT2D eigenvalue weighted by atomic mass is 10.3. The number of benzene rings is 1. The molecule has 8 heteroatoms. The van der Waals surface area contributed by atoms with Gasteiger partial charge in [-0.3, -0.25) is 0 Å². The maximum absolute atomic E-state index is 12.9. The van der Waals surface area contributed by atoms with Gasteiger partial charge in [-0.2, -0.15) is 5.26 Å². The molecule has 3 aromatic rings. The zero-order valence-corrected chi connectivity index (χ0v) is 15.8. The third-order valence-corrected chi connectivity index (χ3v) is 5.29. The number of thiazole rings is 1. The molecule has 1 aromatic carbocycles. The van der Waals surface area contributed by atoms with E-state index in [1.807, 2.05) is 19.2 Å². The number of rotatable bonds is 6. The maximum Gasteiger partial charge on any atom is 0.140 e. The molecule has 0 aliphatic carbocycles. The monoisotopic (exact) mass is 386 g/mol. The summed E-state index contributed by atoms with van der Waals surface area (Å²) >= 11 is 2.97. The quantitative estimate of drug-likeness (QED) is 0.461. The molecular formula is C18H15FN4OS2. The number of nitrogens with zero attached hydrogens (tertiary/aromatic N) is 4. The summed E-state index contributed by atoms with van der Waals surface area (Å²) in [6.45, 7) is 3.95. The van der Waals surface area contributed by atoms with Gasteiger partial charge in [-0.05, 0) is 38.1 Å². The smallest absolute Gasteiger partial charge is 0.140 e. The molecular weight excluding hydrogens is 371 g/mol. The zero-order valence-electron chi connectivity index (χ0n) is 14.2. The number of hydrogen-bond acceptors (Lipinski definition) is 7.